The van der Waals surface area contributed by atoms with E-state index in [0.717, 1.165) is 6.42 Å². The van der Waals surface area contributed by atoms with Gasteiger partial charge in [0.05, 0.1) is 0 Å². The number of carbonyl (C=O) groups is 1. The highest BCUT2D eigenvalue weighted by Gasteiger charge is 2.34. The van der Waals surface area contributed by atoms with Crippen LogP contribution in [-0.2, 0) is 4.79 Å². The molecule has 0 unspecified atom stereocenters. The van der Waals surface area contributed by atoms with E-state index in [1.165, 1.54) is 0 Å². The van der Waals surface area contributed by atoms with Crippen LogP contribution in [0.2, 0.25) is 0 Å². The normalized spacial score (nSPS) is 19.8. The largest absolute Gasteiger partial charge is 0.385 e. The Kier molecular flexibility index (Phi) is 3.05. The smallest absolute Gasteiger partial charge is 0.220 e. The highest BCUT2D eigenvalue weighted by molar-refractivity contribution is 5.75. The van der Waals surface area contributed by atoms with Crippen molar-refractivity contribution in [2.75, 3.05) is 19.6 Å². The lowest BCUT2D eigenvalue weighted by Gasteiger charge is -2.37. The summed E-state index contributed by atoms with van der Waals surface area (Å²) in [4.78, 5) is 11.0. The highest BCUT2D eigenvalue weighted by atomic mass is 16.3. The molecule has 0 aromatic rings. The van der Waals surface area contributed by atoms with Gasteiger partial charge in [-0.1, -0.05) is 6.92 Å². The van der Waals surface area contributed by atoms with Gasteiger partial charge in [0, 0.05) is 26.1 Å². The van der Waals surface area contributed by atoms with E-state index in [2.05, 4.69) is 10.6 Å². The van der Waals surface area contributed by atoms with Crippen molar-refractivity contribution in [3.05, 3.63) is 0 Å². The van der Waals surface area contributed by atoms with Gasteiger partial charge in [-0.3, -0.25) is 4.79 Å². The number of hydrogen-bond acceptors (Lipinski definition) is 3. The van der Waals surface area contributed by atoms with Crippen LogP contribution in [0.5, 0.6) is 0 Å². The van der Waals surface area contributed by atoms with Gasteiger partial charge < -0.3 is 15.7 Å². The number of carbonyl (C=O) groups excluding carboxylic acids is 1. The summed E-state index contributed by atoms with van der Waals surface area (Å²) in [7, 11) is 0. The standard InChI is InChI=1S/C8H16N2O2/c1-2-3-7(11)10-6-8(12)4-9-5-8/h9,12H,2-6H2,1H3,(H,10,11). The summed E-state index contributed by atoms with van der Waals surface area (Å²) in [6, 6.07) is 0. The van der Waals surface area contributed by atoms with Gasteiger partial charge in [0.25, 0.3) is 0 Å². The zero-order chi connectivity index (χ0) is 9.03. The molecule has 0 radical (unpaired) electrons. The molecule has 0 spiro atoms. The van der Waals surface area contributed by atoms with Crippen molar-refractivity contribution in [1.82, 2.24) is 10.6 Å². The fourth-order valence-corrected chi connectivity index (χ4v) is 1.12. The van der Waals surface area contributed by atoms with Gasteiger partial charge in [0.1, 0.15) is 5.60 Å². The van der Waals surface area contributed by atoms with Crippen LogP contribution in [0, 0.1) is 0 Å². The second-order valence-electron chi connectivity index (χ2n) is 3.35. The van der Waals surface area contributed by atoms with E-state index in [-0.39, 0.29) is 5.91 Å². The summed E-state index contributed by atoms with van der Waals surface area (Å²) in [5.74, 6) is 0.0258. The Labute approximate surface area is 72.3 Å². The fourth-order valence-electron chi connectivity index (χ4n) is 1.12. The SMILES string of the molecule is CCCC(=O)NCC1(O)CNC1. The maximum atomic E-state index is 11.0. The molecule has 0 aliphatic carbocycles. The average Bonchev–Trinajstić information content (AvgIpc) is 1.98. The molecule has 3 N–H and O–H groups in total. The Hall–Kier alpha value is -0.610. The second kappa shape index (κ2) is 3.87. The number of rotatable bonds is 4. The topological polar surface area (TPSA) is 61.4 Å². The van der Waals surface area contributed by atoms with Gasteiger partial charge in [0.15, 0.2) is 0 Å². The molecule has 0 atom stereocenters. The summed E-state index contributed by atoms with van der Waals surface area (Å²) in [6.07, 6.45) is 1.39. The Bertz CT molecular complexity index is 166. The van der Waals surface area contributed by atoms with Crippen molar-refractivity contribution < 1.29 is 9.90 Å². The summed E-state index contributed by atoms with van der Waals surface area (Å²) in [5, 5.41) is 15.2. The molecule has 1 rings (SSSR count). The molecule has 1 heterocycles. The van der Waals surface area contributed by atoms with E-state index < -0.39 is 5.60 Å². The third-order valence-electron chi connectivity index (χ3n) is 2.00. The van der Waals surface area contributed by atoms with Crippen molar-refractivity contribution in [1.29, 1.82) is 0 Å². The molecule has 70 valence electrons. The third kappa shape index (κ3) is 2.46. The molecule has 1 saturated heterocycles. The van der Waals surface area contributed by atoms with Crippen molar-refractivity contribution in [3.8, 4) is 0 Å². The molecule has 1 amide bonds. The van der Waals surface area contributed by atoms with Crippen LogP contribution in [-0.4, -0.2) is 36.2 Å². The maximum absolute atomic E-state index is 11.0. The van der Waals surface area contributed by atoms with E-state index in [0.29, 0.717) is 26.1 Å². The van der Waals surface area contributed by atoms with E-state index in [4.69, 9.17) is 0 Å². The third-order valence-corrected chi connectivity index (χ3v) is 2.00. The molecule has 4 heteroatoms. The minimum Gasteiger partial charge on any atom is -0.385 e. The van der Waals surface area contributed by atoms with Crippen LogP contribution in [0.3, 0.4) is 0 Å². The minimum absolute atomic E-state index is 0.0258. The van der Waals surface area contributed by atoms with Gasteiger partial charge in [-0.2, -0.15) is 0 Å². The Balaban J connectivity index is 2.12. The summed E-state index contributed by atoms with van der Waals surface area (Å²) in [6.45, 7) is 3.50. The van der Waals surface area contributed by atoms with Crippen LogP contribution in [0.1, 0.15) is 19.8 Å². The first kappa shape index (κ1) is 9.48. The van der Waals surface area contributed by atoms with E-state index in [1.54, 1.807) is 0 Å². The molecular weight excluding hydrogens is 156 g/mol. The predicted molar refractivity (Wildman–Crippen MR) is 45.7 cm³/mol. The van der Waals surface area contributed by atoms with Gasteiger partial charge in [-0.15, -0.1) is 0 Å². The van der Waals surface area contributed by atoms with Crippen LogP contribution in [0.15, 0.2) is 0 Å². The van der Waals surface area contributed by atoms with Crippen molar-refractivity contribution in [3.63, 3.8) is 0 Å². The quantitative estimate of drug-likeness (QED) is 0.522. The molecule has 4 nitrogen and oxygen atoms in total. The minimum atomic E-state index is -0.691. The number of amides is 1. The molecule has 0 saturated carbocycles. The lowest BCUT2D eigenvalue weighted by atomic mass is 9.97. The van der Waals surface area contributed by atoms with Crippen molar-refractivity contribution >= 4 is 5.91 Å². The van der Waals surface area contributed by atoms with Crippen molar-refractivity contribution in [2.45, 2.75) is 25.4 Å². The first-order chi connectivity index (χ1) is 5.66. The van der Waals surface area contributed by atoms with Crippen LogP contribution in [0.4, 0.5) is 0 Å². The Morgan fingerprint density at radius 3 is 2.75 bits per heavy atom. The zero-order valence-corrected chi connectivity index (χ0v) is 7.39. The summed E-state index contributed by atoms with van der Waals surface area (Å²) >= 11 is 0. The predicted octanol–water partition coefficient (Wildman–Crippen LogP) is -0.763. The van der Waals surface area contributed by atoms with Gasteiger partial charge in [0.2, 0.25) is 5.91 Å². The lowest BCUT2D eigenvalue weighted by Crippen LogP contribution is -2.64. The van der Waals surface area contributed by atoms with E-state index >= 15 is 0 Å². The van der Waals surface area contributed by atoms with Crippen LogP contribution >= 0.6 is 0 Å². The molecule has 0 bridgehead atoms. The molecule has 0 aromatic carbocycles. The Morgan fingerprint density at radius 1 is 1.67 bits per heavy atom. The average molecular weight is 172 g/mol. The number of hydrogen-bond donors (Lipinski definition) is 3. The molecule has 1 aliphatic heterocycles. The second-order valence-corrected chi connectivity index (χ2v) is 3.35. The summed E-state index contributed by atoms with van der Waals surface area (Å²) < 4.78 is 0. The van der Waals surface area contributed by atoms with Crippen molar-refractivity contribution in [2.24, 2.45) is 0 Å². The maximum Gasteiger partial charge on any atom is 0.220 e. The summed E-state index contributed by atoms with van der Waals surface area (Å²) in [5.41, 5.74) is -0.691. The molecule has 0 aromatic heterocycles. The number of β-amino-alcohol motifs (C(OH)–C–C–N with tert-alkyl or cyclic N) is 1. The van der Waals surface area contributed by atoms with Gasteiger partial charge >= 0.3 is 0 Å². The highest BCUT2D eigenvalue weighted by Crippen LogP contribution is 2.07. The first-order valence-corrected chi connectivity index (χ1v) is 4.36. The number of aliphatic hydroxyl groups is 1. The number of nitrogens with one attached hydrogen (secondary N) is 2. The molecule has 1 aliphatic rings. The monoisotopic (exact) mass is 172 g/mol. The van der Waals surface area contributed by atoms with Crippen LogP contribution < -0.4 is 10.6 Å². The zero-order valence-electron chi connectivity index (χ0n) is 7.39. The Morgan fingerprint density at radius 2 is 2.33 bits per heavy atom. The van der Waals surface area contributed by atoms with Gasteiger partial charge in [-0.05, 0) is 6.42 Å². The van der Waals surface area contributed by atoms with Gasteiger partial charge in [-0.25, -0.2) is 0 Å². The fraction of sp³-hybridized carbons (Fsp3) is 0.875. The molecule has 12 heavy (non-hydrogen) atoms. The lowest BCUT2D eigenvalue weighted by molar-refractivity contribution is -0.123. The first-order valence-electron chi connectivity index (χ1n) is 4.36. The molecule has 1 fully saturated rings. The van der Waals surface area contributed by atoms with E-state index in [9.17, 15) is 9.90 Å². The van der Waals surface area contributed by atoms with E-state index in [1.807, 2.05) is 6.92 Å². The van der Waals surface area contributed by atoms with Crippen LogP contribution in [0.25, 0.3) is 0 Å². The molecular formula is C8H16N2O2.